The lowest BCUT2D eigenvalue weighted by atomic mass is 9.72. The van der Waals surface area contributed by atoms with Crippen LogP contribution >= 0.6 is 0 Å². The second kappa shape index (κ2) is 13.8. The summed E-state index contributed by atoms with van der Waals surface area (Å²) in [6.45, 7) is 5.80. The third-order valence-electron chi connectivity index (χ3n) is 9.47. The standard InChI is InChI=1S/C21H27N3O4.C9H16.C2H6/c1-3-28-19(25)13-23-18-10-5-4-9-17(18)20(26)24(21(23)27)16-11-14-7-6-8-15(12-16)22(14)2;1-3-8-5-2-6-9(4-1)7-8;1-2/h4-5,9-10,14-16H,3,6-8,11-13H2,1-2H3;8-9H,1-7H2;1-2H3. The van der Waals surface area contributed by atoms with Gasteiger partial charge in [0.25, 0.3) is 5.56 Å². The Morgan fingerprint density at radius 3 is 1.97 bits per heavy atom. The molecular formula is C32H49N3O4. The van der Waals surface area contributed by atoms with E-state index in [2.05, 4.69) is 11.9 Å². The molecule has 39 heavy (non-hydrogen) atoms. The average Bonchev–Trinajstić information content (AvgIpc) is 2.93. The molecule has 4 fully saturated rings. The molecule has 1 aromatic carbocycles. The van der Waals surface area contributed by atoms with Crippen molar-refractivity contribution >= 4 is 16.9 Å². The Morgan fingerprint density at radius 1 is 0.846 bits per heavy atom. The number of nitrogens with zero attached hydrogens (tertiary/aromatic N) is 3. The largest absolute Gasteiger partial charge is 0.465 e. The maximum absolute atomic E-state index is 13.3. The van der Waals surface area contributed by atoms with E-state index in [1.165, 1.54) is 28.4 Å². The predicted octanol–water partition coefficient (Wildman–Crippen LogP) is 5.92. The van der Waals surface area contributed by atoms with E-state index in [9.17, 15) is 14.4 Å². The summed E-state index contributed by atoms with van der Waals surface area (Å²) in [6, 6.07) is 7.66. The zero-order valence-corrected chi connectivity index (χ0v) is 24.6. The fourth-order valence-corrected chi connectivity index (χ4v) is 7.57. The molecule has 0 amide bonds. The number of piperidine rings is 2. The summed E-state index contributed by atoms with van der Waals surface area (Å²) in [7, 11) is 2.15. The number of esters is 1. The van der Waals surface area contributed by atoms with Gasteiger partial charge in [-0.05, 0) is 70.0 Å². The molecule has 2 aliphatic heterocycles. The van der Waals surface area contributed by atoms with Crippen molar-refractivity contribution in [1.82, 2.24) is 14.0 Å². The molecule has 6 rings (SSSR count). The molecule has 7 nitrogen and oxygen atoms in total. The van der Waals surface area contributed by atoms with Crippen molar-refractivity contribution in [1.29, 1.82) is 0 Å². The van der Waals surface area contributed by atoms with Crippen LogP contribution in [0.15, 0.2) is 33.9 Å². The van der Waals surface area contributed by atoms with E-state index in [0.29, 0.717) is 23.0 Å². The summed E-state index contributed by atoms with van der Waals surface area (Å²) in [5.74, 6) is 1.83. The van der Waals surface area contributed by atoms with Gasteiger partial charge >= 0.3 is 11.7 Å². The molecule has 0 spiro atoms. The van der Waals surface area contributed by atoms with Crippen molar-refractivity contribution in [3.05, 3.63) is 45.1 Å². The zero-order valence-electron chi connectivity index (χ0n) is 24.6. The molecule has 2 saturated carbocycles. The van der Waals surface area contributed by atoms with Crippen molar-refractivity contribution < 1.29 is 9.53 Å². The topological polar surface area (TPSA) is 73.5 Å². The monoisotopic (exact) mass is 539 g/mol. The maximum Gasteiger partial charge on any atom is 0.332 e. The number of para-hydroxylation sites is 1. The number of fused-ring (bicyclic) bond motifs is 5. The smallest absolute Gasteiger partial charge is 0.332 e. The van der Waals surface area contributed by atoms with E-state index < -0.39 is 11.7 Å². The summed E-state index contributed by atoms with van der Waals surface area (Å²) in [4.78, 5) is 41.1. The number of rotatable bonds is 4. The Bertz CT molecular complexity index is 1180. The zero-order chi connectivity index (χ0) is 27.9. The number of aromatic nitrogens is 2. The third kappa shape index (κ3) is 6.67. The highest BCUT2D eigenvalue weighted by Crippen LogP contribution is 2.39. The molecular weight excluding hydrogens is 490 g/mol. The van der Waals surface area contributed by atoms with Gasteiger partial charge in [-0.3, -0.25) is 18.7 Å². The normalized spacial score (nSPS) is 27.9. The van der Waals surface area contributed by atoms with E-state index in [4.69, 9.17) is 4.74 Å². The van der Waals surface area contributed by atoms with Crippen LogP contribution in [0, 0.1) is 11.8 Å². The highest BCUT2D eigenvalue weighted by atomic mass is 16.5. The number of hydrogen-bond acceptors (Lipinski definition) is 5. The molecule has 3 heterocycles. The quantitative estimate of drug-likeness (QED) is 0.451. The first-order valence-corrected chi connectivity index (χ1v) is 15.6. The minimum atomic E-state index is -0.472. The van der Waals surface area contributed by atoms with Gasteiger partial charge in [0.15, 0.2) is 0 Å². The molecule has 216 valence electrons. The highest BCUT2D eigenvalue weighted by Gasteiger charge is 2.38. The molecule has 2 atom stereocenters. The first kappa shape index (κ1) is 29.6. The van der Waals surface area contributed by atoms with Crippen molar-refractivity contribution in [2.45, 2.75) is 122 Å². The number of benzene rings is 1. The van der Waals surface area contributed by atoms with Crippen LogP contribution in [0.4, 0.5) is 0 Å². The number of carbonyl (C=O) groups excluding carboxylic acids is 1. The van der Waals surface area contributed by atoms with Crippen molar-refractivity contribution in [3.8, 4) is 0 Å². The molecule has 7 heteroatoms. The van der Waals surface area contributed by atoms with Crippen LogP contribution in [0.3, 0.4) is 0 Å². The summed E-state index contributed by atoms with van der Waals surface area (Å²) in [5, 5.41) is 0.468. The Balaban J connectivity index is 0.000000267. The van der Waals surface area contributed by atoms with Crippen LogP contribution in [0.1, 0.15) is 104 Å². The van der Waals surface area contributed by atoms with E-state index >= 15 is 0 Å². The predicted molar refractivity (Wildman–Crippen MR) is 157 cm³/mol. The van der Waals surface area contributed by atoms with Gasteiger partial charge in [0.2, 0.25) is 0 Å². The van der Waals surface area contributed by atoms with E-state index in [-0.39, 0.29) is 24.8 Å². The molecule has 4 aliphatic rings. The van der Waals surface area contributed by atoms with Gasteiger partial charge in [0, 0.05) is 18.1 Å². The van der Waals surface area contributed by atoms with Gasteiger partial charge < -0.3 is 9.64 Å². The lowest BCUT2D eigenvalue weighted by molar-refractivity contribution is -0.143. The van der Waals surface area contributed by atoms with Gasteiger partial charge in [-0.25, -0.2) is 4.79 Å². The Morgan fingerprint density at radius 2 is 1.41 bits per heavy atom. The molecule has 0 N–H and O–H groups in total. The average molecular weight is 540 g/mol. The van der Waals surface area contributed by atoms with Gasteiger partial charge in [-0.2, -0.15) is 0 Å². The van der Waals surface area contributed by atoms with Crippen LogP contribution < -0.4 is 11.2 Å². The summed E-state index contributed by atoms with van der Waals surface area (Å²) < 4.78 is 7.84. The lowest BCUT2D eigenvalue weighted by Crippen LogP contribution is -2.53. The first-order chi connectivity index (χ1) is 19.0. The van der Waals surface area contributed by atoms with Gasteiger partial charge in [-0.1, -0.05) is 70.9 Å². The fraction of sp³-hybridized carbons (Fsp3) is 0.719. The minimum Gasteiger partial charge on any atom is -0.465 e. The second-order valence-electron chi connectivity index (χ2n) is 11.7. The van der Waals surface area contributed by atoms with Crippen LogP contribution in [-0.2, 0) is 16.1 Å². The Labute approximate surface area is 233 Å². The molecule has 2 saturated heterocycles. The molecule has 4 bridgehead atoms. The number of carbonyl (C=O) groups is 1. The summed E-state index contributed by atoms with van der Waals surface area (Å²) in [6.07, 6.45) is 15.8. The molecule has 2 unspecified atom stereocenters. The molecule has 1 aromatic heterocycles. The van der Waals surface area contributed by atoms with Gasteiger partial charge in [0.1, 0.15) is 6.54 Å². The summed E-state index contributed by atoms with van der Waals surface area (Å²) in [5.41, 5.74) is -0.187. The van der Waals surface area contributed by atoms with Crippen LogP contribution in [0.2, 0.25) is 0 Å². The highest BCUT2D eigenvalue weighted by molar-refractivity contribution is 5.80. The first-order valence-electron chi connectivity index (χ1n) is 15.6. The SMILES string of the molecule is C1CC2CCCC(C1)C2.CC.CCOC(=O)Cn1c(=O)n(C2CC3CCCC(C2)N3C)c(=O)c2ccccc21. The molecule has 2 aromatic rings. The van der Waals surface area contributed by atoms with Crippen LogP contribution in [-0.4, -0.2) is 45.7 Å². The number of hydrogen-bond donors (Lipinski definition) is 0. The van der Waals surface area contributed by atoms with E-state index in [0.717, 1.165) is 37.5 Å². The van der Waals surface area contributed by atoms with E-state index in [1.54, 1.807) is 63.3 Å². The van der Waals surface area contributed by atoms with Gasteiger partial charge in [0.05, 0.1) is 17.5 Å². The Hall–Kier alpha value is -2.41. The minimum absolute atomic E-state index is 0.135. The summed E-state index contributed by atoms with van der Waals surface area (Å²) >= 11 is 0. The maximum atomic E-state index is 13.3. The fourth-order valence-electron chi connectivity index (χ4n) is 7.57. The molecule has 0 radical (unpaired) electrons. The van der Waals surface area contributed by atoms with Crippen molar-refractivity contribution in [2.24, 2.45) is 11.8 Å². The number of ether oxygens (including phenoxy) is 1. The van der Waals surface area contributed by atoms with E-state index in [1.807, 2.05) is 13.8 Å². The van der Waals surface area contributed by atoms with Crippen molar-refractivity contribution in [2.75, 3.05) is 13.7 Å². The Kier molecular flexibility index (Phi) is 10.4. The van der Waals surface area contributed by atoms with Gasteiger partial charge in [-0.15, -0.1) is 0 Å². The third-order valence-corrected chi connectivity index (χ3v) is 9.47. The molecule has 2 aliphatic carbocycles. The van der Waals surface area contributed by atoms with Crippen LogP contribution in [0.25, 0.3) is 10.9 Å². The van der Waals surface area contributed by atoms with Crippen molar-refractivity contribution in [3.63, 3.8) is 0 Å². The van der Waals surface area contributed by atoms with Crippen LogP contribution in [0.5, 0.6) is 0 Å². The lowest BCUT2D eigenvalue weighted by Gasteiger charge is -2.47. The second-order valence-corrected chi connectivity index (χ2v) is 11.7.